The molecule has 0 aliphatic heterocycles. The van der Waals surface area contributed by atoms with Crippen molar-refractivity contribution >= 4 is 56.3 Å². The summed E-state index contributed by atoms with van der Waals surface area (Å²) >= 11 is 6.83. The molecule has 4 aromatic heterocycles. The fourth-order valence-corrected chi connectivity index (χ4v) is 5.47. The van der Waals surface area contributed by atoms with E-state index in [1.807, 2.05) is 0 Å². The van der Waals surface area contributed by atoms with E-state index in [1.54, 1.807) is 12.1 Å². The predicted molar refractivity (Wildman–Crippen MR) is 141 cm³/mol. The molecular weight excluding hydrogens is 614 g/mol. The zero-order chi connectivity index (χ0) is 30.7. The normalized spacial score (nSPS) is 12.2. The number of hydrogen-bond donors (Lipinski definition) is 2. The van der Waals surface area contributed by atoms with Crippen molar-refractivity contribution in [1.29, 1.82) is 0 Å². The molecule has 4 heterocycles. The van der Waals surface area contributed by atoms with E-state index in [0.717, 1.165) is 6.07 Å². The molecule has 0 saturated carbocycles. The Hall–Kier alpha value is -4.44. The second-order valence-corrected chi connectivity index (χ2v) is 10.2. The topological polar surface area (TPSA) is 124 Å². The molecule has 0 radical (unpaired) electrons. The van der Waals surface area contributed by atoms with E-state index in [1.165, 1.54) is 26.2 Å². The van der Waals surface area contributed by atoms with E-state index in [0.29, 0.717) is 27.7 Å². The van der Waals surface area contributed by atoms with Crippen molar-refractivity contribution in [2.45, 2.75) is 19.3 Å². The van der Waals surface area contributed by atoms with E-state index < -0.39 is 51.9 Å². The number of fused-ring (bicyclic) bond motifs is 2. The van der Waals surface area contributed by atoms with Gasteiger partial charge in [-0.05, 0) is 36.8 Å². The number of hydrogen-bond acceptors (Lipinski definition) is 7. The van der Waals surface area contributed by atoms with Gasteiger partial charge >= 0.3 is 12.4 Å². The number of aromatic nitrogens is 4. The summed E-state index contributed by atoms with van der Waals surface area (Å²) in [5.74, 6) is -1.92. The van der Waals surface area contributed by atoms with Gasteiger partial charge in [0, 0.05) is 10.9 Å². The fourth-order valence-electron chi connectivity index (χ4n) is 4.16. The highest BCUT2D eigenvalue weighted by Crippen LogP contribution is 2.41. The standard InChI is InChI=1S/C25H15ClF6N6O3S/c1-9-6-13(24(27,28)29)35-23-15(9)17(19(42-23)20(33)39)36-22(40)18-16(26)21-34-12(10-4-3-5-11(7-10)41-2)8-14(25(30,31)32)38(21)37-18/h3-8H,1-2H3,(H2,33,39)(H,36,40). The molecule has 0 aliphatic carbocycles. The predicted octanol–water partition coefficient (Wildman–Crippen LogP) is 6.37. The number of thiophene rings is 1. The highest BCUT2D eigenvalue weighted by atomic mass is 35.5. The summed E-state index contributed by atoms with van der Waals surface area (Å²) in [6, 6.07) is 7.50. The van der Waals surface area contributed by atoms with Crippen molar-refractivity contribution < 1.29 is 40.7 Å². The second kappa shape index (κ2) is 10.1. The van der Waals surface area contributed by atoms with Crippen LogP contribution in [-0.2, 0) is 12.4 Å². The number of alkyl halides is 6. The number of benzene rings is 1. The van der Waals surface area contributed by atoms with Gasteiger partial charge in [-0.1, -0.05) is 23.7 Å². The molecule has 0 unspecified atom stereocenters. The number of pyridine rings is 1. The van der Waals surface area contributed by atoms with Crippen LogP contribution in [0.5, 0.6) is 5.75 Å². The number of aryl methyl sites for hydroxylation is 1. The van der Waals surface area contributed by atoms with Crippen LogP contribution in [-0.4, -0.2) is 38.5 Å². The number of primary amides is 1. The molecule has 0 spiro atoms. The number of rotatable bonds is 5. The van der Waals surface area contributed by atoms with Gasteiger partial charge < -0.3 is 15.8 Å². The average Bonchev–Trinajstić information content (AvgIpc) is 3.45. The Kier molecular flexibility index (Phi) is 7.01. The number of nitrogens with zero attached hydrogens (tertiary/aromatic N) is 4. The van der Waals surface area contributed by atoms with E-state index in [9.17, 15) is 35.9 Å². The molecule has 0 aliphatic rings. The maximum Gasteiger partial charge on any atom is 0.433 e. The Morgan fingerprint density at radius 2 is 1.79 bits per heavy atom. The van der Waals surface area contributed by atoms with Gasteiger partial charge in [-0.15, -0.1) is 11.3 Å². The van der Waals surface area contributed by atoms with Crippen LogP contribution in [0.2, 0.25) is 5.02 Å². The molecular formula is C25H15ClF6N6O3S. The first-order valence-electron chi connectivity index (χ1n) is 11.5. The first-order valence-corrected chi connectivity index (χ1v) is 12.7. The van der Waals surface area contributed by atoms with Crippen LogP contribution < -0.4 is 15.8 Å². The number of carbonyl (C=O) groups is 2. The van der Waals surface area contributed by atoms with Crippen LogP contribution in [0.4, 0.5) is 32.0 Å². The maximum atomic E-state index is 14.1. The van der Waals surface area contributed by atoms with Gasteiger partial charge in [0.05, 0.1) is 18.5 Å². The van der Waals surface area contributed by atoms with Crippen molar-refractivity contribution in [2.75, 3.05) is 12.4 Å². The molecule has 9 nitrogen and oxygen atoms in total. The van der Waals surface area contributed by atoms with Crippen molar-refractivity contribution in [2.24, 2.45) is 5.73 Å². The van der Waals surface area contributed by atoms with E-state index >= 15 is 0 Å². The number of nitrogens with one attached hydrogen (secondary N) is 1. The Bertz CT molecular complexity index is 1920. The molecule has 0 fully saturated rings. The molecule has 0 saturated heterocycles. The Morgan fingerprint density at radius 3 is 2.40 bits per heavy atom. The largest absolute Gasteiger partial charge is 0.497 e. The SMILES string of the molecule is COc1cccc(-c2cc(C(F)(F)F)n3nc(C(=O)Nc4c(C(N)=O)sc5nc(C(F)(F)F)cc(C)c45)c(Cl)c3n2)c1. The Balaban J connectivity index is 1.65. The molecule has 17 heteroatoms. The number of methoxy groups -OCH3 is 1. The second-order valence-electron chi connectivity index (χ2n) is 8.78. The summed E-state index contributed by atoms with van der Waals surface area (Å²) in [6.45, 7) is 1.30. The third-order valence-corrected chi connectivity index (χ3v) is 7.46. The molecule has 218 valence electrons. The van der Waals surface area contributed by atoms with Crippen LogP contribution in [0, 0.1) is 6.92 Å². The van der Waals surface area contributed by atoms with E-state index in [-0.39, 0.29) is 37.6 Å². The lowest BCUT2D eigenvalue weighted by atomic mass is 10.1. The molecule has 5 aromatic rings. The zero-order valence-corrected chi connectivity index (χ0v) is 22.7. The number of amides is 2. The molecule has 0 bridgehead atoms. The van der Waals surface area contributed by atoms with E-state index in [2.05, 4.69) is 20.4 Å². The molecule has 0 atom stereocenters. The van der Waals surface area contributed by atoms with Gasteiger partial charge in [0.25, 0.3) is 11.8 Å². The zero-order valence-electron chi connectivity index (χ0n) is 21.1. The lowest BCUT2D eigenvalue weighted by molar-refractivity contribution is -0.143. The van der Waals surface area contributed by atoms with Crippen LogP contribution >= 0.6 is 22.9 Å². The molecule has 3 N–H and O–H groups in total. The van der Waals surface area contributed by atoms with Crippen LogP contribution in [0.1, 0.15) is 37.1 Å². The summed E-state index contributed by atoms with van der Waals surface area (Å²) in [7, 11) is 1.38. The van der Waals surface area contributed by atoms with Crippen molar-refractivity contribution in [1.82, 2.24) is 19.6 Å². The van der Waals surface area contributed by atoms with Gasteiger partial charge in [0.2, 0.25) is 0 Å². The third kappa shape index (κ3) is 5.07. The first kappa shape index (κ1) is 29.1. The first-order chi connectivity index (χ1) is 19.6. The van der Waals surface area contributed by atoms with Crippen molar-refractivity contribution in [3.05, 3.63) is 68.9 Å². The van der Waals surface area contributed by atoms with Gasteiger partial charge in [0.15, 0.2) is 17.0 Å². The van der Waals surface area contributed by atoms with Crippen LogP contribution in [0.3, 0.4) is 0 Å². The molecule has 2 amide bonds. The smallest absolute Gasteiger partial charge is 0.433 e. The fraction of sp³-hybridized carbons (Fsp3) is 0.160. The summed E-state index contributed by atoms with van der Waals surface area (Å²) < 4.78 is 87.6. The van der Waals surface area contributed by atoms with Gasteiger partial charge in [-0.3, -0.25) is 9.59 Å². The number of nitrogens with two attached hydrogens (primary N) is 1. The Morgan fingerprint density at radius 1 is 1.07 bits per heavy atom. The highest BCUT2D eigenvalue weighted by Gasteiger charge is 2.37. The summed E-state index contributed by atoms with van der Waals surface area (Å²) in [4.78, 5) is 32.6. The minimum absolute atomic E-state index is 0.00331. The quantitative estimate of drug-likeness (QED) is 0.218. The van der Waals surface area contributed by atoms with Gasteiger partial charge in [-0.2, -0.15) is 31.4 Å². The monoisotopic (exact) mass is 628 g/mol. The highest BCUT2D eigenvalue weighted by molar-refractivity contribution is 7.21. The third-order valence-electron chi connectivity index (χ3n) is 6.02. The minimum atomic E-state index is -4.96. The lowest BCUT2D eigenvalue weighted by Gasteiger charge is -2.11. The minimum Gasteiger partial charge on any atom is -0.497 e. The summed E-state index contributed by atoms with van der Waals surface area (Å²) in [5.41, 5.74) is 1.46. The van der Waals surface area contributed by atoms with Gasteiger partial charge in [0.1, 0.15) is 26.2 Å². The van der Waals surface area contributed by atoms with Crippen molar-refractivity contribution in [3.8, 4) is 17.0 Å². The van der Waals surface area contributed by atoms with Crippen LogP contribution in [0.15, 0.2) is 36.4 Å². The van der Waals surface area contributed by atoms with Gasteiger partial charge in [-0.25, -0.2) is 14.5 Å². The molecule has 1 aromatic carbocycles. The molecule has 5 rings (SSSR count). The molecule has 42 heavy (non-hydrogen) atoms. The number of carbonyl (C=O) groups excluding carboxylic acids is 2. The maximum absolute atomic E-state index is 14.1. The Labute approximate surface area is 239 Å². The summed E-state index contributed by atoms with van der Waals surface area (Å²) in [6.07, 6.45) is -9.75. The van der Waals surface area contributed by atoms with Crippen molar-refractivity contribution in [3.63, 3.8) is 0 Å². The van der Waals surface area contributed by atoms with Crippen LogP contribution in [0.25, 0.3) is 27.1 Å². The average molecular weight is 629 g/mol. The van der Waals surface area contributed by atoms with E-state index in [4.69, 9.17) is 22.1 Å². The number of anilines is 1. The lowest BCUT2D eigenvalue weighted by Crippen LogP contribution is -2.18. The number of halogens is 7. The number of ether oxygens (including phenoxy) is 1. The summed E-state index contributed by atoms with van der Waals surface area (Å²) in [5, 5.41) is 5.47.